The minimum atomic E-state index is -2.93. The molecule has 26 heavy (non-hydrogen) atoms. The first-order valence-corrected chi connectivity index (χ1v) is 10.5. The molecule has 0 saturated carbocycles. The second-order valence-electron chi connectivity index (χ2n) is 6.70. The summed E-state index contributed by atoms with van der Waals surface area (Å²) in [6, 6.07) is 9.79. The number of sulfone groups is 1. The van der Waals surface area contributed by atoms with Gasteiger partial charge < -0.3 is 5.32 Å². The first-order chi connectivity index (χ1) is 12.4. The van der Waals surface area contributed by atoms with E-state index in [0.29, 0.717) is 19.4 Å². The Balaban J connectivity index is 1.42. The number of amides is 1. The molecule has 0 unspecified atom stereocenters. The predicted molar refractivity (Wildman–Crippen MR) is 100.0 cm³/mol. The van der Waals surface area contributed by atoms with Gasteiger partial charge in [-0.3, -0.25) is 9.69 Å². The van der Waals surface area contributed by atoms with Crippen molar-refractivity contribution in [3.8, 4) is 5.69 Å². The molecule has 1 fully saturated rings. The molecule has 0 aliphatic carbocycles. The fourth-order valence-corrected chi connectivity index (χ4v) is 4.90. The molecule has 1 saturated heterocycles. The monoisotopic (exact) mass is 376 g/mol. The van der Waals surface area contributed by atoms with Crippen molar-refractivity contribution in [1.82, 2.24) is 20.0 Å². The van der Waals surface area contributed by atoms with E-state index in [1.165, 1.54) is 0 Å². The van der Waals surface area contributed by atoms with Crippen LogP contribution in [0.25, 0.3) is 5.69 Å². The summed E-state index contributed by atoms with van der Waals surface area (Å²) in [6.07, 6.45) is 5.05. The zero-order valence-corrected chi connectivity index (χ0v) is 15.7. The summed E-state index contributed by atoms with van der Waals surface area (Å²) in [5, 5.41) is 7.23. The largest absolute Gasteiger partial charge is 0.355 e. The van der Waals surface area contributed by atoms with Crippen molar-refractivity contribution in [3.05, 3.63) is 48.3 Å². The SMILES string of the molecule is CN(CC(=O)NCCc1cnn(-c2ccccc2)c1)[C@@H]1CCS(=O)(=O)C1. The summed E-state index contributed by atoms with van der Waals surface area (Å²) in [5.41, 5.74) is 2.04. The molecule has 3 rings (SSSR count). The number of aromatic nitrogens is 2. The molecule has 8 heteroatoms. The maximum atomic E-state index is 12.1. The molecule has 7 nitrogen and oxygen atoms in total. The van der Waals surface area contributed by atoms with Gasteiger partial charge in [-0.1, -0.05) is 18.2 Å². The number of nitrogens with one attached hydrogen (secondary N) is 1. The van der Waals surface area contributed by atoms with E-state index >= 15 is 0 Å². The molecule has 0 spiro atoms. The van der Waals surface area contributed by atoms with Crippen LogP contribution in [-0.4, -0.2) is 66.7 Å². The Bertz CT molecular complexity index is 848. The lowest BCUT2D eigenvalue weighted by Crippen LogP contribution is -2.41. The first-order valence-electron chi connectivity index (χ1n) is 8.69. The highest BCUT2D eigenvalue weighted by molar-refractivity contribution is 7.91. The van der Waals surface area contributed by atoms with Crippen LogP contribution in [0.4, 0.5) is 0 Å². The maximum absolute atomic E-state index is 12.1. The number of rotatable bonds is 7. The van der Waals surface area contributed by atoms with Crippen LogP contribution < -0.4 is 5.32 Å². The normalized spacial score (nSPS) is 18.9. The van der Waals surface area contributed by atoms with Gasteiger partial charge in [-0.2, -0.15) is 5.10 Å². The molecular weight excluding hydrogens is 352 g/mol. The third-order valence-corrected chi connectivity index (χ3v) is 6.37. The third-order valence-electron chi connectivity index (χ3n) is 4.62. The molecule has 0 radical (unpaired) electrons. The summed E-state index contributed by atoms with van der Waals surface area (Å²) in [6.45, 7) is 0.736. The number of benzene rings is 1. The van der Waals surface area contributed by atoms with Crippen LogP contribution in [0.2, 0.25) is 0 Å². The Kier molecular flexibility index (Phi) is 5.73. The van der Waals surface area contributed by atoms with Crippen LogP contribution in [0.3, 0.4) is 0 Å². The minimum Gasteiger partial charge on any atom is -0.355 e. The summed E-state index contributed by atoms with van der Waals surface area (Å²) in [7, 11) is -1.13. The Hall–Kier alpha value is -2.19. The van der Waals surface area contributed by atoms with Crippen LogP contribution in [0.5, 0.6) is 0 Å². The van der Waals surface area contributed by atoms with Crippen LogP contribution >= 0.6 is 0 Å². The lowest BCUT2D eigenvalue weighted by Gasteiger charge is -2.22. The first kappa shape index (κ1) is 18.6. The highest BCUT2D eigenvalue weighted by Gasteiger charge is 2.31. The Morgan fingerprint density at radius 3 is 2.81 bits per heavy atom. The summed E-state index contributed by atoms with van der Waals surface area (Å²) in [5.74, 6) is 0.275. The lowest BCUT2D eigenvalue weighted by atomic mass is 10.2. The van der Waals surface area contributed by atoms with Crippen molar-refractivity contribution in [1.29, 1.82) is 0 Å². The molecule has 1 atom stereocenters. The summed E-state index contributed by atoms with van der Waals surface area (Å²) < 4.78 is 24.9. The molecule has 1 aliphatic heterocycles. The van der Waals surface area contributed by atoms with Gasteiger partial charge in [0, 0.05) is 18.8 Å². The van der Waals surface area contributed by atoms with E-state index in [1.54, 1.807) is 13.2 Å². The molecule has 1 N–H and O–H groups in total. The summed E-state index contributed by atoms with van der Waals surface area (Å²) >= 11 is 0. The van der Waals surface area contributed by atoms with E-state index in [0.717, 1.165) is 11.3 Å². The average molecular weight is 376 g/mol. The molecule has 2 heterocycles. The zero-order chi connectivity index (χ0) is 18.6. The van der Waals surface area contributed by atoms with Crippen LogP contribution in [0.15, 0.2) is 42.7 Å². The number of hydrogen-bond acceptors (Lipinski definition) is 5. The number of carbonyl (C=O) groups is 1. The maximum Gasteiger partial charge on any atom is 0.234 e. The molecule has 1 aromatic carbocycles. The van der Waals surface area contributed by atoms with Gasteiger partial charge >= 0.3 is 0 Å². The Morgan fingerprint density at radius 1 is 1.35 bits per heavy atom. The van der Waals surface area contributed by atoms with E-state index in [1.807, 2.05) is 46.1 Å². The van der Waals surface area contributed by atoms with Crippen LogP contribution in [0, 0.1) is 0 Å². The van der Waals surface area contributed by atoms with Crippen LogP contribution in [0.1, 0.15) is 12.0 Å². The molecule has 140 valence electrons. The van der Waals surface area contributed by atoms with Gasteiger partial charge in [-0.15, -0.1) is 0 Å². The smallest absolute Gasteiger partial charge is 0.234 e. The number of hydrogen-bond donors (Lipinski definition) is 1. The van der Waals surface area contributed by atoms with Gasteiger partial charge in [-0.25, -0.2) is 13.1 Å². The van der Waals surface area contributed by atoms with Gasteiger partial charge in [0.2, 0.25) is 5.91 Å². The highest BCUT2D eigenvalue weighted by atomic mass is 32.2. The lowest BCUT2D eigenvalue weighted by molar-refractivity contribution is -0.122. The number of nitrogens with zero attached hydrogens (tertiary/aromatic N) is 3. The molecule has 1 amide bonds. The van der Waals surface area contributed by atoms with Crippen LogP contribution in [-0.2, 0) is 21.1 Å². The van der Waals surface area contributed by atoms with Gasteiger partial charge in [-0.05, 0) is 37.6 Å². The highest BCUT2D eigenvalue weighted by Crippen LogP contribution is 2.16. The topological polar surface area (TPSA) is 84.3 Å². The second-order valence-corrected chi connectivity index (χ2v) is 8.93. The molecule has 1 aromatic heterocycles. The van der Waals surface area contributed by atoms with Crippen molar-refractivity contribution in [2.75, 3.05) is 31.6 Å². The quantitative estimate of drug-likeness (QED) is 0.767. The van der Waals surface area contributed by atoms with E-state index < -0.39 is 9.84 Å². The fraction of sp³-hybridized carbons (Fsp3) is 0.444. The predicted octanol–water partition coefficient (Wildman–Crippen LogP) is 0.650. The van der Waals surface area contributed by atoms with E-state index in [4.69, 9.17) is 0 Å². The number of likely N-dealkylation sites (N-methyl/N-ethyl adjacent to an activating group) is 1. The number of para-hydroxylation sites is 1. The van der Waals surface area contributed by atoms with Crippen molar-refractivity contribution in [2.45, 2.75) is 18.9 Å². The van der Waals surface area contributed by atoms with E-state index in [9.17, 15) is 13.2 Å². The molecule has 1 aliphatic rings. The Morgan fingerprint density at radius 2 is 2.12 bits per heavy atom. The van der Waals surface area contributed by atoms with Gasteiger partial charge in [0.25, 0.3) is 0 Å². The van der Waals surface area contributed by atoms with Crippen molar-refractivity contribution < 1.29 is 13.2 Å². The fourth-order valence-electron chi connectivity index (χ4n) is 3.09. The van der Waals surface area contributed by atoms with Gasteiger partial charge in [0.05, 0.1) is 29.9 Å². The van der Waals surface area contributed by atoms with Crippen molar-refractivity contribution in [2.24, 2.45) is 0 Å². The van der Waals surface area contributed by atoms with Crippen molar-refractivity contribution in [3.63, 3.8) is 0 Å². The summed E-state index contributed by atoms with van der Waals surface area (Å²) in [4.78, 5) is 13.9. The Labute approximate surface area is 153 Å². The van der Waals surface area contributed by atoms with E-state index in [-0.39, 0.29) is 30.0 Å². The zero-order valence-electron chi connectivity index (χ0n) is 14.8. The van der Waals surface area contributed by atoms with Gasteiger partial charge in [0.1, 0.15) is 0 Å². The number of carbonyl (C=O) groups excluding carboxylic acids is 1. The van der Waals surface area contributed by atoms with Crippen molar-refractivity contribution >= 4 is 15.7 Å². The third kappa shape index (κ3) is 4.92. The molecular formula is C18H24N4O3S. The minimum absolute atomic E-state index is 0.0603. The van der Waals surface area contributed by atoms with Gasteiger partial charge in [0.15, 0.2) is 9.84 Å². The molecule has 0 bridgehead atoms. The standard InChI is InChI=1S/C18H24N4O3S/c1-21(17-8-10-26(24,25)14-17)13-18(23)19-9-7-15-11-20-22(12-15)16-5-3-2-4-6-16/h2-6,11-12,17H,7-10,13-14H2,1H3,(H,19,23)/t17-/m1/s1. The second kappa shape index (κ2) is 8.01. The van der Waals surface area contributed by atoms with E-state index in [2.05, 4.69) is 10.4 Å². The average Bonchev–Trinajstić information content (AvgIpc) is 3.22. The molecule has 2 aromatic rings.